The highest BCUT2D eigenvalue weighted by Gasteiger charge is 2.34. The normalized spacial score (nSPS) is 24.2. The number of nitriles is 1. The Kier molecular flexibility index (Phi) is 4.46. The molecule has 108 valence electrons. The van der Waals surface area contributed by atoms with Gasteiger partial charge in [0.2, 0.25) is 10.0 Å². The number of hydrogen-bond acceptors (Lipinski definition) is 3. The number of piperidine rings is 1. The van der Waals surface area contributed by atoms with E-state index in [0.717, 1.165) is 19.3 Å². The van der Waals surface area contributed by atoms with Crippen LogP contribution in [0.4, 0.5) is 0 Å². The fourth-order valence-electron chi connectivity index (χ4n) is 2.97. The van der Waals surface area contributed by atoms with E-state index in [2.05, 4.69) is 6.07 Å². The predicted octanol–water partition coefficient (Wildman–Crippen LogP) is 2.65. The molecule has 0 bridgehead atoms. The molecule has 1 aliphatic heterocycles. The third-order valence-corrected chi connectivity index (χ3v) is 5.95. The van der Waals surface area contributed by atoms with E-state index in [0.29, 0.717) is 11.1 Å². The Morgan fingerprint density at radius 1 is 1.25 bits per heavy atom. The lowest BCUT2D eigenvalue weighted by Crippen LogP contribution is -2.47. The summed E-state index contributed by atoms with van der Waals surface area (Å²) >= 11 is 0. The van der Waals surface area contributed by atoms with Gasteiger partial charge in [0, 0.05) is 12.1 Å². The fraction of sp³-hybridized carbons (Fsp3) is 0.533. The van der Waals surface area contributed by atoms with E-state index >= 15 is 0 Å². The first-order valence-electron chi connectivity index (χ1n) is 6.95. The molecule has 0 radical (unpaired) electrons. The van der Waals surface area contributed by atoms with Crippen molar-refractivity contribution in [2.45, 2.75) is 50.9 Å². The minimum atomic E-state index is -3.39. The maximum atomic E-state index is 12.7. The van der Waals surface area contributed by atoms with Crippen LogP contribution >= 0.6 is 0 Å². The van der Waals surface area contributed by atoms with Crippen LogP contribution in [0.1, 0.15) is 44.2 Å². The van der Waals surface area contributed by atoms with E-state index in [1.165, 1.54) is 0 Å². The molecule has 1 aromatic carbocycles. The van der Waals surface area contributed by atoms with Gasteiger partial charge in [-0.05, 0) is 38.3 Å². The van der Waals surface area contributed by atoms with Crippen LogP contribution in [0.5, 0.6) is 0 Å². The Morgan fingerprint density at radius 3 is 2.45 bits per heavy atom. The van der Waals surface area contributed by atoms with E-state index in [9.17, 15) is 8.42 Å². The molecule has 0 aromatic heterocycles. The number of sulfonamides is 1. The monoisotopic (exact) mass is 292 g/mol. The Morgan fingerprint density at radius 2 is 1.85 bits per heavy atom. The second-order valence-corrected chi connectivity index (χ2v) is 7.36. The summed E-state index contributed by atoms with van der Waals surface area (Å²) in [6.45, 7) is 3.92. The lowest BCUT2D eigenvalue weighted by molar-refractivity contribution is 0.204. The smallest absolute Gasteiger partial charge is 0.212 e. The zero-order chi connectivity index (χ0) is 14.8. The van der Waals surface area contributed by atoms with Gasteiger partial charge in [0.15, 0.2) is 0 Å². The van der Waals surface area contributed by atoms with Gasteiger partial charge in [0.05, 0.1) is 17.4 Å². The molecule has 0 spiro atoms. The topological polar surface area (TPSA) is 61.2 Å². The van der Waals surface area contributed by atoms with Gasteiger partial charge in [0.25, 0.3) is 0 Å². The van der Waals surface area contributed by atoms with Crippen LogP contribution in [0.15, 0.2) is 24.3 Å². The molecule has 0 saturated carbocycles. The fourth-order valence-corrected chi connectivity index (χ4v) is 5.07. The van der Waals surface area contributed by atoms with Gasteiger partial charge in [-0.25, -0.2) is 8.42 Å². The second kappa shape index (κ2) is 5.94. The first kappa shape index (κ1) is 15.0. The van der Waals surface area contributed by atoms with Gasteiger partial charge >= 0.3 is 0 Å². The first-order chi connectivity index (χ1) is 9.45. The highest BCUT2D eigenvalue weighted by molar-refractivity contribution is 7.88. The number of benzene rings is 1. The quantitative estimate of drug-likeness (QED) is 0.860. The summed E-state index contributed by atoms with van der Waals surface area (Å²) in [6, 6.07) is 9.04. The van der Waals surface area contributed by atoms with Crippen molar-refractivity contribution in [2.75, 3.05) is 0 Å². The van der Waals surface area contributed by atoms with Gasteiger partial charge in [-0.2, -0.15) is 9.57 Å². The summed E-state index contributed by atoms with van der Waals surface area (Å²) in [5.74, 6) is -0.0919. The summed E-state index contributed by atoms with van der Waals surface area (Å²) < 4.78 is 27.0. The van der Waals surface area contributed by atoms with Crippen LogP contribution in [0.3, 0.4) is 0 Å². The molecule has 0 unspecified atom stereocenters. The molecule has 1 aliphatic rings. The molecule has 0 N–H and O–H groups in total. The summed E-state index contributed by atoms with van der Waals surface area (Å²) in [5.41, 5.74) is 1.02. The lowest BCUT2D eigenvalue weighted by atomic mass is 10.0. The van der Waals surface area contributed by atoms with Crippen molar-refractivity contribution in [3.05, 3.63) is 35.4 Å². The minimum Gasteiger partial charge on any atom is -0.212 e. The Hall–Kier alpha value is -1.38. The zero-order valence-electron chi connectivity index (χ0n) is 11.9. The van der Waals surface area contributed by atoms with Crippen molar-refractivity contribution < 1.29 is 8.42 Å². The molecular weight excluding hydrogens is 272 g/mol. The molecule has 1 heterocycles. The number of nitrogens with zero attached hydrogens (tertiary/aromatic N) is 2. The second-order valence-electron chi connectivity index (χ2n) is 5.48. The van der Waals surface area contributed by atoms with Crippen molar-refractivity contribution >= 4 is 10.0 Å². The van der Waals surface area contributed by atoms with Crippen LogP contribution in [0.2, 0.25) is 0 Å². The number of rotatable bonds is 3. The highest BCUT2D eigenvalue weighted by atomic mass is 32.2. The van der Waals surface area contributed by atoms with E-state index in [4.69, 9.17) is 5.26 Å². The van der Waals surface area contributed by atoms with Crippen molar-refractivity contribution in [3.63, 3.8) is 0 Å². The van der Waals surface area contributed by atoms with Crippen molar-refractivity contribution in [1.82, 2.24) is 4.31 Å². The molecule has 2 atom stereocenters. The molecule has 5 heteroatoms. The standard InChI is InChI=1S/C15H20N2O2S/c1-12-6-5-7-13(2)17(12)20(18,19)11-15-9-4-3-8-14(15)10-16/h3-4,8-9,12-13H,5-7,11H2,1-2H3/t12-,13+. The maximum absolute atomic E-state index is 12.7. The van der Waals surface area contributed by atoms with Crippen LogP contribution in [0, 0.1) is 11.3 Å². The van der Waals surface area contributed by atoms with Crippen molar-refractivity contribution in [1.29, 1.82) is 5.26 Å². The summed E-state index contributed by atoms with van der Waals surface area (Å²) in [5, 5.41) is 9.07. The van der Waals surface area contributed by atoms with Gasteiger partial charge in [-0.3, -0.25) is 0 Å². The van der Waals surface area contributed by atoms with Gasteiger partial charge in [-0.1, -0.05) is 24.6 Å². The largest absolute Gasteiger partial charge is 0.218 e. The van der Waals surface area contributed by atoms with Gasteiger partial charge < -0.3 is 0 Å². The van der Waals surface area contributed by atoms with Crippen molar-refractivity contribution in [3.8, 4) is 6.07 Å². The third kappa shape index (κ3) is 3.02. The van der Waals surface area contributed by atoms with E-state index < -0.39 is 10.0 Å². The SMILES string of the molecule is C[C@@H]1CCC[C@H](C)N1S(=O)(=O)Cc1ccccc1C#N. The molecule has 0 aliphatic carbocycles. The maximum Gasteiger partial charge on any atom is 0.218 e. The molecule has 20 heavy (non-hydrogen) atoms. The van der Waals surface area contributed by atoms with Gasteiger partial charge in [0.1, 0.15) is 0 Å². The molecule has 2 rings (SSSR count). The van der Waals surface area contributed by atoms with Crippen LogP contribution < -0.4 is 0 Å². The lowest BCUT2D eigenvalue weighted by Gasteiger charge is -2.37. The Labute approximate surface area is 121 Å². The van der Waals surface area contributed by atoms with Crippen LogP contribution in [-0.4, -0.2) is 24.8 Å². The van der Waals surface area contributed by atoms with E-state index in [1.807, 2.05) is 13.8 Å². The van der Waals surface area contributed by atoms with E-state index in [1.54, 1.807) is 28.6 Å². The first-order valence-corrected chi connectivity index (χ1v) is 8.56. The van der Waals surface area contributed by atoms with E-state index in [-0.39, 0.29) is 17.8 Å². The molecule has 1 aromatic rings. The molecule has 1 saturated heterocycles. The summed E-state index contributed by atoms with van der Waals surface area (Å²) in [7, 11) is -3.39. The molecule has 1 fully saturated rings. The molecular formula is C15H20N2O2S. The average Bonchev–Trinajstić information content (AvgIpc) is 2.38. The van der Waals surface area contributed by atoms with Crippen LogP contribution in [-0.2, 0) is 15.8 Å². The third-order valence-electron chi connectivity index (χ3n) is 3.91. The highest BCUT2D eigenvalue weighted by Crippen LogP contribution is 2.27. The average molecular weight is 292 g/mol. The summed E-state index contributed by atoms with van der Waals surface area (Å²) in [6.07, 6.45) is 2.88. The summed E-state index contributed by atoms with van der Waals surface area (Å²) in [4.78, 5) is 0. The Balaban J connectivity index is 2.29. The minimum absolute atomic E-state index is 0.0398. The van der Waals surface area contributed by atoms with Crippen molar-refractivity contribution in [2.24, 2.45) is 0 Å². The zero-order valence-corrected chi connectivity index (χ0v) is 12.7. The van der Waals surface area contributed by atoms with Crippen LogP contribution in [0.25, 0.3) is 0 Å². The number of hydrogen-bond donors (Lipinski definition) is 0. The molecule has 4 nitrogen and oxygen atoms in total. The predicted molar refractivity (Wildman–Crippen MR) is 78.4 cm³/mol. The molecule has 0 amide bonds. The van der Waals surface area contributed by atoms with Gasteiger partial charge in [-0.15, -0.1) is 0 Å². The Bertz CT molecular complexity index is 609.